The molecule has 1 nitrogen and oxygen atoms in total. The van der Waals surface area contributed by atoms with E-state index in [1.165, 1.54) is 44.9 Å². The first-order valence-corrected chi connectivity index (χ1v) is 12.4. The monoisotopic (exact) mass is 432 g/mol. The van der Waals surface area contributed by atoms with Gasteiger partial charge in [0.05, 0.1) is 18.8 Å². The van der Waals surface area contributed by atoms with Crippen molar-refractivity contribution in [3.05, 3.63) is 11.9 Å². The van der Waals surface area contributed by atoms with Gasteiger partial charge in [-0.3, -0.25) is 0 Å². The van der Waals surface area contributed by atoms with Gasteiger partial charge in [0, 0.05) is 5.92 Å². The third-order valence-electron chi connectivity index (χ3n) is 8.10. The summed E-state index contributed by atoms with van der Waals surface area (Å²) in [5.74, 6) is 1.54. The molecule has 1 heterocycles. The van der Waals surface area contributed by atoms with Crippen LogP contribution in [-0.2, 0) is 4.74 Å². The van der Waals surface area contributed by atoms with Gasteiger partial charge in [-0.15, -0.1) is 0 Å². The van der Waals surface area contributed by atoms with Crippen LogP contribution < -0.4 is 0 Å². The van der Waals surface area contributed by atoms with E-state index in [-0.39, 0.29) is 6.08 Å². The molecule has 2 atom stereocenters. The van der Waals surface area contributed by atoms with E-state index in [0.717, 1.165) is 56.5 Å². The number of hydrogen-bond donors (Lipinski definition) is 0. The number of hydrogen-bond acceptors (Lipinski definition) is 1. The highest BCUT2D eigenvalue weighted by Crippen LogP contribution is 2.41. The van der Waals surface area contributed by atoms with Gasteiger partial charge in [0.2, 0.25) is 0 Å². The van der Waals surface area contributed by atoms with Crippen LogP contribution >= 0.6 is 0 Å². The van der Waals surface area contributed by atoms with Crippen LogP contribution in [0.4, 0.5) is 17.6 Å². The summed E-state index contributed by atoms with van der Waals surface area (Å²) in [6.07, 6.45) is 11.2. The van der Waals surface area contributed by atoms with Crippen LogP contribution in [0.25, 0.3) is 0 Å². The van der Waals surface area contributed by atoms with Crippen molar-refractivity contribution in [2.24, 2.45) is 29.6 Å². The van der Waals surface area contributed by atoms with E-state index in [4.69, 9.17) is 4.74 Å². The van der Waals surface area contributed by atoms with Crippen molar-refractivity contribution >= 4 is 0 Å². The fourth-order valence-corrected chi connectivity index (χ4v) is 6.21. The minimum atomic E-state index is -4.55. The van der Waals surface area contributed by atoms with Gasteiger partial charge in [-0.1, -0.05) is 32.6 Å². The first-order valence-electron chi connectivity index (χ1n) is 12.4. The van der Waals surface area contributed by atoms with Crippen molar-refractivity contribution in [3.8, 4) is 0 Å². The zero-order valence-electron chi connectivity index (χ0n) is 18.6. The molecule has 0 aromatic heterocycles. The van der Waals surface area contributed by atoms with Gasteiger partial charge in [-0.2, -0.15) is 13.2 Å². The van der Waals surface area contributed by atoms with Crippen LogP contribution in [0.3, 0.4) is 0 Å². The molecule has 0 aromatic carbocycles. The molecule has 0 spiro atoms. The van der Waals surface area contributed by atoms with Crippen LogP contribution in [-0.4, -0.2) is 18.9 Å². The molecule has 0 N–H and O–H groups in total. The van der Waals surface area contributed by atoms with E-state index >= 15 is 0 Å². The Kier molecular flexibility index (Phi) is 9.09. The van der Waals surface area contributed by atoms with Crippen LogP contribution in [0.15, 0.2) is 11.9 Å². The van der Waals surface area contributed by atoms with Crippen LogP contribution in [0.2, 0.25) is 0 Å². The van der Waals surface area contributed by atoms with Gasteiger partial charge < -0.3 is 4.74 Å². The molecule has 3 rings (SSSR count). The van der Waals surface area contributed by atoms with Crippen LogP contribution in [0.5, 0.6) is 0 Å². The zero-order chi connectivity index (χ0) is 21.6. The summed E-state index contributed by atoms with van der Waals surface area (Å²) in [6, 6.07) is 0. The average Bonchev–Trinajstić information content (AvgIpc) is 2.73. The van der Waals surface area contributed by atoms with Crippen LogP contribution in [0, 0.1) is 29.6 Å². The van der Waals surface area contributed by atoms with E-state index in [1.54, 1.807) is 0 Å². The van der Waals surface area contributed by atoms with Crippen molar-refractivity contribution < 1.29 is 22.3 Å². The lowest BCUT2D eigenvalue weighted by molar-refractivity contribution is -0.0821. The molecule has 0 aromatic rings. The van der Waals surface area contributed by atoms with Crippen molar-refractivity contribution in [1.29, 1.82) is 0 Å². The third kappa shape index (κ3) is 7.53. The van der Waals surface area contributed by atoms with Crippen molar-refractivity contribution in [1.82, 2.24) is 0 Å². The van der Waals surface area contributed by atoms with E-state index in [0.29, 0.717) is 24.9 Å². The molecule has 5 heteroatoms. The van der Waals surface area contributed by atoms with Crippen molar-refractivity contribution in [3.63, 3.8) is 0 Å². The summed E-state index contributed by atoms with van der Waals surface area (Å²) in [5, 5.41) is 0. The zero-order valence-corrected chi connectivity index (χ0v) is 18.6. The van der Waals surface area contributed by atoms with Gasteiger partial charge in [-0.25, -0.2) is 4.39 Å². The number of halogens is 4. The summed E-state index contributed by atoms with van der Waals surface area (Å²) in [6.45, 7) is 3.20. The molecule has 2 saturated carbocycles. The number of allylic oxidation sites excluding steroid dienone is 2. The van der Waals surface area contributed by atoms with E-state index in [2.05, 4.69) is 6.92 Å². The summed E-state index contributed by atoms with van der Waals surface area (Å²) in [4.78, 5) is 0. The Morgan fingerprint density at radius 1 is 0.800 bits per heavy atom. The highest BCUT2D eigenvalue weighted by Gasteiger charge is 2.33. The molecular formula is C25H40F4O. The lowest BCUT2D eigenvalue weighted by Crippen LogP contribution is -2.32. The van der Waals surface area contributed by atoms with E-state index in [9.17, 15) is 17.6 Å². The highest BCUT2D eigenvalue weighted by molar-refractivity contribution is 5.03. The summed E-state index contributed by atoms with van der Waals surface area (Å²) in [5.41, 5.74) is 0. The normalized spacial score (nSPS) is 36.6. The predicted molar refractivity (Wildman–Crippen MR) is 113 cm³/mol. The molecule has 0 bridgehead atoms. The van der Waals surface area contributed by atoms with Crippen molar-refractivity contribution in [2.75, 3.05) is 6.61 Å². The average molecular weight is 433 g/mol. The fraction of sp³-hybridized carbons (Fsp3) is 0.920. The molecule has 1 saturated heterocycles. The Morgan fingerprint density at radius 2 is 1.40 bits per heavy atom. The Labute approximate surface area is 180 Å². The third-order valence-corrected chi connectivity index (χ3v) is 8.10. The first kappa shape index (κ1) is 24.1. The summed E-state index contributed by atoms with van der Waals surface area (Å²) in [7, 11) is 0. The molecule has 2 aliphatic carbocycles. The standard InChI is InChI=1S/C25H40F4O/c1-2-3-18-4-9-20(10-5-18)22-13-15-23(30-17-22)14-8-19-6-11-21(12-7-19)24(26)16-25(27,28)29/h16,18-23H,2-15,17H2,1H3/b24-16-. The lowest BCUT2D eigenvalue weighted by Gasteiger charge is -2.38. The van der Waals surface area contributed by atoms with E-state index < -0.39 is 17.9 Å². The highest BCUT2D eigenvalue weighted by atomic mass is 19.4. The largest absolute Gasteiger partial charge is 0.412 e. The van der Waals surface area contributed by atoms with Gasteiger partial charge in [-0.05, 0) is 87.9 Å². The quantitative estimate of drug-likeness (QED) is 0.367. The van der Waals surface area contributed by atoms with Gasteiger partial charge >= 0.3 is 6.18 Å². The van der Waals surface area contributed by atoms with Gasteiger partial charge in [0.25, 0.3) is 0 Å². The molecule has 0 amide bonds. The second-order valence-electron chi connectivity index (χ2n) is 10.2. The molecule has 174 valence electrons. The summed E-state index contributed by atoms with van der Waals surface area (Å²) < 4.78 is 57.0. The maximum Gasteiger partial charge on any atom is 0.412 e. The first-order chi connectivity index (χ1) is 14.3. The van der Waals surface area contributed by atoms with E-state index in [1.807, 2.05) is 0 Å². The lowest BCUT2D eigenvalue weighted by atomic mass is 9.72. The minimum Gasteiger partial charge on any atom is -0.378 e. The molecule has 2 unspecified atom stereocenters. The maximum absolute atomic E-state index is 13.8. The minimum absolute atomic E-state index is 0.152. The second kappa shape index (κ2) is 11.3. The molecule has 0 radical (unpaired) electrons. The van der Waals surface area contributed by atoms with Gasteiger partial charge in [0.1, 0.15) is 5.83 Å². The smallest absolute Gasteiger partial charge is 0.378 e. The Morgan fingerprint density at radius 3 is 1.97 bits per heavy atom. The molecule has 3 fully saturated rings. The number of rotatable bonds is 7. The Bertz CT molecular complexity index is 520. The second-order valence-corrected chi connectivity index (χ2v) is 10.2. The predicted octanol–water partition coefficient (Wildman–Crippen LogP) is 8.39. The summed E-state index contributed by atoms with van der Waals surface area (Å²) >= 11 is 0. The SMILES string of the molecule is CCCC1CCC(C2CCC(CCC3CCC(/C(F)=C/C(F)(F)F)CC3)OC2)CC1. The number of alkyl halides is 3. The molecule has 1 aliphatic heterocycles. The molecule has 3 aliphatic rings. The number of ether oxygens (including phenoxy) is 1. The Hall–Kier alpha value is -0.580. The topological polar surface area (TPSA) is 9.23 Å². The molecule has 30 heavy (non-hydrogen) atoms. The molecular weight excluding hydrogens is 392 g/mol. The Balaban J connectivity index is 1.30. The van der Waals surface area contributed by atoms with Gasteiger partial charge in [0.15, 0.2) is 0 Å². The van der Waals surface area contributed by atoms with Crippen molar-refractivity contribution in [2.45, 2.75) is 109 Å². The fourth-order valence-electron chi connectivity index (χ4n) is 6.21. The maximum atomic E-state index is 13.8. The van der Waals surface area contributed by atoms with Crippen LogP contribution in [0.1, 0.15) is 96.8 Å².